The first kappa shape index (κ1) is 16.4. The molecule has 3 aliphatic rings. The molecule has 6 heteroatoms. The van der Waals surface area contributed by atoms with E-state index in [1.165, 1.54) is 49.0 Å². The third-order valence-electron chi connectivity index (χ3n) is 6.94. The van der Waals surface area contributed by atoms with Gasteiger partial charge in [0.05, 0.1) is 5.39 Å². The second-order valence-corrected chi connectivity index (χ2v) is 8.56. The van der Waals surface area contributed by atoms with Gasteiger partial charge in [-0.2, -0.15) is 0 Å². The van der Waals surface area contributed by atoms with Gasteiger partial charge in [0.25, 0.3) is 0 Å². The van der Waals surface area contributed by atoms with E-state index in [9.17, 15) is 0 Å². The van der Waals surface area contributed by atoms with Gasteiger partial charge in [0, 0.05) is 35.6 Å². The molecule has 0 unspecified atom stereocenters. The van der Waals surface area contributed by atoms with Crippen molar-refractivity contribution in [3.05, 3.63) is 42.4 Å². The molecule has 0 radical (unpaired) electrons. The van der Waals surface area contributed by atoms with E-state index in [4.69, 9.17) is 4.98 Å². The zero-order valence-corrected chi connectivity index (χ0v) is 16.0. The lowest BCUT2D eigenvalue weighted by Gasteiger charge is -2.35. The minimum Gasteiger partial charge on any atom is -0.382 e. The van der Waals surface area contributed by atoms with Gasteiger partial charge in [0.2, 0.25) is 0 Å². The summed E-state index contributed by atoms with van der Waals surface area (Å²) in [4.78, 5) is 14.7. The van der Waals surface area contributed by atoms with Crippen LogP contribution in [0.2, 0.25) is 0 Å². The van der Waals surface area contributed by atoms with E-state index in [2.05, 4.69) is 49.8 Å². The van der Waals surface area contributed by atoms with Crippen molar-refractivity contribution in [2.75, 3.05) is 29.9 Å². The van der Waals surface area contributed by atoms with Gasteiger partial charge in [0.1, 0.15) is 17.8 Å². The first-order valence-corrected chi connectivity index (χ1v) is 10.5. The number of aromatic amines is 1. The van der Waals surface area contributed by atoms with E-state index < -0.39 is 0 Å². The maximum Gasteiger partial charge on any atom is 0.145 e. The summed E-state index contributed by atoms with van der Waals surface area (Å²) in [6.45, 7) is 3.15. The van der Waals surface area contributed by atoms with Crippen LogP contribution in [0, 0.1) is 0 Å². The molecule has 3 aromatic rings. The average molecular weight is 374 g/mol. The van der Waals surface area contributed by atoms with Crippen LogP contribution in [0.5, 0.6) is 0 Å². The Morgan fingerprint density at radius 3 is 2.82 bits per heavy atom. The molecule has 2 fully saturated rings. The van der Waals surface area contributed by atoms with Gasteiger partial charge in [-0.3, -0.25) is 0 Å². The number of anilines is 3. The summed E-state index contributed by atoms with van der Waals surface area (Å²) in [5, 5.41) is 8.39. The average Bonchev–Trinajstić information content (AvgIpc) is 3.29. The number of hydrogen-bond donors (Lipinski definition) is 3. The van der Waals surface area contributed by atoms with Crippen molar-refractivity contribution in [3.63, 3.8) is 0 Å². The topological polar surface area (TPSA) is 68.9 Å². The molecule has 1 aliphatic carbocycles. The highest BCUT2D eigenvalue weighted by molar-refractivity contribution is 5.91. The molecule has 0 atom stereocenters. The number of aromatic nitrogens is 3. The number of nitrogens with zero attached hydrogens (tertiary/aromatic N) is 3. The Morgan fingerprint density at radius 2 is 2.00 bits per heavy atom. The molecule has 1 spiro atoms. The number of fused-ring (bicyclic) bond motifs is 3. The van der Waals surface area contributed by atoms with Crippen LogP contribution >= 0.6 is 0 Å². The molecule has 2 aromatic heterocycles. The fourth-order valence-electron chi connectivity index (χ4n) is 5.14. The lowest BCUT2D eigenvalue weighted by molar-refractivity contribution is 0.329. The van der Waals surface area contributed by atoms with Crippen LogP contribution in [0.4, 0.5) is 17.2 Å². The van der Waals surface area contributed by atoms with Gasteiger partial charge >= 0.3 is 0 Å². The number of H-pyrrole nitrogens is 1. The van der Waals surface area contributed by atoms with E-state index in [1.54, 1.807) is 6.33 Å². The number of rotatable bonds is 3. The third kappa shape index (κ3) is 2.44. The summed E-state index contributed by atoms with van der Waals surface area (Å²) in [6, 6.07) is 9.72. The van der Waals surface area contributed by atoms with Crippen LogP contribution < -0.4 is 15.5 Å². The van der Waals surface area contributed by atoms with E-state index in [-0.39, 0.29) is 5.41 Å². The molecule has 1 saturated carbocycles. The van der Waals surface area contributed by atoms with Crippen LogP contribution in [0.15, 0.2) is 36.8 Å². The molecular weight excluding hydrogens is 348 g/mol. The molecule has 1 saturated heterocycles. The highest BCUT2D eigenvalue weighted by Crippen LogP contribution is 2.50. The molecule has 144 valence electrons. The van der Waals surface area contributed by atoms with E-state index in [0.717, 1.165) is 36.5 Å². The molecule has 28 heavy (non-hydrogen) atoms. The third-order valence-corrected chi connectivity index (χ3v) is 6.94. The normalized spacial score (nSPS) is 21.1. The van der Waals surface area contributed by atoms with Crippen LogP contribution in [0.3, 0.4) is 0 Å². The largest absolute Gasteiger partial charge is 0.382 e. The Bertz CT molecular complexity index is 1010. The second kappa shape index (κ2) is 6.21. The van der Waals surface area contributed by atoms with Gasteiger partial charge in [-0.05, 0) is 75.0 Å². The first-order chi connectivity index (χ1) is 13.8. The van der Waals surface area contributed by atoms with Gasteiger partial charge in [-0.15, -0.1) is 0 Å². The maximum absolute atomic E-state index is 4.69. The van der Waals surface area contributed by atoms with Crippen LogP contribution in [-0.4, -0.2) is 40.6 Å². The summed E-state index contributed by atoms with van der Waals surface area (Å²) in [5.41, 5.74) is 5.17. The lowest BCUT2D eigenvalue weighted by Crippen LogP contribution is -2.42. The van der Waals surface area contributed by atoms with Crippen molar-refractivity contribution in [1.82, 2.24) is 20.3 Å². The second-order valence-electron chi connectivity index (χ2n) is 8.56. The predicted molar refractivity (Wildman–Crippen MR) is 112 cm³/mol. The van der Waals surface area contributed by atoms with E-state index in [0.29, 0.717) is 6.04 Å². The molecule has 6 rings (SSSR count). The highest BCUT2D eigenvalue weighted by atomic mass is 15.2. The molecule has 1 aromatic carbocycles. The quantitative estimate of drug-likeness (QED) is 0.652. The van der Waals surface area contributed by atoms with Gasteiger partial charge in [-0.1, -0.05) is 0 Å². The minimum absolute atomic E-state index is 0.200. The molecule has 0 amide bonds. The monoisotopic (exact) mass is 374 g/mol. The number of hydrogen-bond acceptors (Lipinski definition) is 5. The Morgan fingerprint density at radius 1 is 1.11 bits per heavy atom. The van der Waals surface area contributed by atoms with Gasteiger partial charge in [-0.25, -0.2) is 9.97 Å². The Hall–Kier alpha value is -2.60. The number of benzene rings is 1. The van der Waals surface area contributed by atoms with Crippen LogP contribution in [0.25, 0.3) is 11.0 Å². The summed E-state index contributed by atoms with van der Waals surface area (Å²) in [7, 11) is 0. The fourth-order valence-corrected chi connectivity index (χ4v) is 5.14. The standard InChI is InChI=1S/C22H26N6/c1-2-15(3-1)27-16-4-5-19-18(12-16)22(7-10-23-11-8-22)13-28(19)21-17-6-9-24-20(17)25-14-26-21/h4-6,9,12,14-15,23,27H,1-3,7-8,10-11,13H2,(H,24,25,26). The SMILES string of the molecule is c1nc(N2CC3(CCNCC3)c3cc(NC4CCC4)ccc32)c2cc[nH]c2n1. The summed E-state index contributed by atoms with van der Waals surface area (Å²) in [5.74, 6) is 1.02. The lowest BCUT2D eigenvalue weighted by atomic mass is 9.74. The zero-order valence-electron chi connectivity index (χ0n) is 16.0. The molecule has 0 bridgehead atoms. The van der Waals surface area contributed by atoms with Crippen molar-refractivity contribution in [2.45, 2.75) is 43.6 Å². The Kier molecular flexibility index (Phi) is 3.63. The summed E-state index contributed by atoms with van der Waals surface area (Å²) in [6.07, 6.45) is 9.91. The van der Waals surface area contributed by atoms with Crippen molar-refractivity contribution in [2.24, 2.45) is 0 Å². The molecule has 3 N–H and O–H groups in total. The van der Waals surface area contributed by atoms with Gasteiger partial charge < -0.3 is 20.5 Å². The minimum atomic E-state index is 0.200. The zero-order chi connectivity index (χ0) is 18.6. The molecular formula is C22H26N6. The molecule has 2 aliphatic heterocycles. The maximum atomic E-state index is 4.69. The van der Waals surface area contributed by atoms with Crippen molar-refractivity contribution >= 4 is 28.2 Å². The van der Waals surface area contributed by atoms with Crippen LogP contribution in [-0.2, 0) is 5.41 Å². The Labute approximate surface area is 164 Å². The predicted octanol–water partition coefficient (Wildman–Crippen LogP) is 3.70. The first-order valence-electron chi connectivity index (χ1n) is 10.5. The van der Waals surface area contributed by atoms with Crippen molar-refractivity contribution < 1.29 is 0 Å². The van der Waals surface area contributed by atoms with E-state index >= 15 is 0 Å². The highest BCUT2D eigenvalue weighted by Gasteiger charge is 2.44. The smallest absolute Gasteiger partial charge is 0.145 e. The summed E-state index contributed by atoms with van der Waals surface area (Å²) >= 11 is 0. The number of piperidine rings is 1. The van der Waals surface area contributed by atoms with E-state index in [1.807, 2.05) is 6.20 Å². The number of nitrogens with one attached hydrogen (secondary N) is 3. The summed E-state index contributed by atoms with van der Waals surface area (Å²) < 4.78 is 0. The van der Waals surface area contributed by atoms with Gasteiger partial charge in [0.15, 0.2) is 0 Å². The Balaban J connectivity index is 1.46. The van der Waals surface area contributed by atoms with Crippen molar-refractivity contribution in [1.29, 1.82) is 0 Å². The van der Waals surface area contributed by atoms with Crippen molar-refractivity contribution in [3.8, 4) is 0 Å². The van der Waals surface area contributed by atoms with Crippen LogP contribution in [0.1, 0.15) is 37.7 Å². The fraction of sp³-hybridized carbons (Fsp3) is 0.455. The molecule has 4 heterocycles. The molecule has 6 nitrogen and oxygen atoms in total.